The maximum absolute atomic E-state index is 5.55. The van der Waals surface area contributed by atoms with Crippen LogP contribution in [0.2, 0.25) is 0 Å². The topological polar surface area (TPSA) is 39.2 Å². The quantitative estimate of drug-likeness (QED) is 0.624. The van der Waals surface area contributed by atoms with Crippen molar-refractivity contribution in [3.63, 3.8) is 0 Å². The molecule has 0 spiro atoms. The van der Waals surface area contributed by atoms with Gasteiger partial charge < -0.3 is 8.83 Å². The van der Waals surface area contributed by atoms with E-state index in [1.54, 1.807) is 0 Å². The summed E-state index contributed by atoms with van der Waals surface area (Å²) in [7, 11) is 0. The third-order valence-corrected chi connectivity index (χ3v) is 1.94. The van der Waals surface area contributed by atoms with E-state index >= 15 is 0 Å². The lowest BCUT2D eigenvalue weighted by molar-refractivity contribution is 0.425. The maximum Gasteiger partial charge on any atom is 0.266 e. The Bertz CT molecular complexity index is 400. The summed E-state index contributed by atoms with van der Waals surface area (Å²) in [4.78, 5) is 4.11. The monoisotopic (exact) mass is 179 g/mol. The van der Waals surface area contributed by atoms with Gasteiger partial charge in [-0.05, 0) is 0 Å². The first-order chi connectivity index (χ1) is 5.97. The minimum absolute atomic E-state index is 0.0110. The van der Waals surface area contributed by atoms with Crippen LogP contribution in [-0.2, 0) is 5.41 Å². The summed E-state index contributed by atoms with van der Waals surface area (Å²) < 4.78 is 10.9. The zero-order chi connectivity index (χ0) is 9.64. The Morgan fingerprint density at radius 2 is 1.92 bits per heavy atom. The molecule has 0 N–H and O–H groups in total. The fourth-order valence-electron chi connectivity index (χ4n) is 1.21. The number of aromatic nitrogens is 1. The highest BCUT2D eigenvalue weighted by molar-refractivity contribution is 5.67. The van der Waals surface area contributed by atoms with E-state index in [0.717, 1.165) is 11.3 Å². The molecule has 2 rings (SSSR count). The van der Waals surface area contributed by atoms with Crippen LogP contribution in [0, 0.1) is 6.92 Å². The number of aryl methyl sites for hydroxylation is 1. The van der Waals surface area contributed by atoms with Gasteiger partial charge in [0, 0.05) is 18.4 Å². The number of fused-ring (bicyclic) bond motifs is 1. The smallest absolute Gasteiger partial charge is 0.266 e. The molecule has 3 nitrogen and oxygen atoms in total. The van der Waals surface area contributed by atoms with Crippen LogP contribution >= 0.6 is 0 Å². The second kappa shape index (κ2) is 2.37. The van der Waals surface area contributed by atoms with Gasteiger partial charge in [0.1, 0.15) is 5.76 Å². The van der Waals surface area contributed by atoms with Crippen LogP contribution in [0.15, 0.2) is 14.9 Å². The lowest BCUT2D eigenvalue weighted by Crippen LogP contribution is -2.08. The fourth-order valence-corrected chi connectivity index (χ4v) is 1.21. The SMILES string of the molecule is Cc1nc2oc(C(C)(C)C)cc2o1. The van der Waals surface area contributed by atoms with E-state index in [-0.39, 0.29) is 5.41 Å². The molecular formula is C10H13NO2. The van der Waals surface area contributed by atoms with Gasteiger partial charge in [-0.1, -0.05) is 20.8 Å². The van der Waals surface area contributed by atoms with Crippen molar-refractivity contribution in [1.29, 1.82) is 0 Å². The van der Waals surface area contributed by atoms with E-state index < -0.39 is 0 Å². The first kappa shape index (κ1) is 8.35. The van der Waals surface area contributed by atoms with Crippen LogP contribution < -0.4 is 0 Å². The zero-order valence-electron chi connectivity index (χ0n) is 8.34. The van der Waals surface area contributed by atoms with Crippen LogP contribution in [0.1, 0.15) is 32.4 Å². The van der Waals surface area contributed by atoms with Crippen molar-refractivity contribution in [3.05, 3.63) is 17.7 Å². The molecule has 0 aromatic carbocycles. The molecule has 0 unspecified atom stereocenters. The standard InChI is InChI=1S/C10H13NO2/c1-6-11-9-7(12-6)5-8(13-9)10(2,3)4/h5H,1-4H3. The van der Waals surface area contributed by atoms with Crippen molar-refractivity contribution in [3.8, 4) is 0 Å². The van der Waals surface area contributed by atoms with Crippen LogP contribution in [0.3, 0.4) is 0 Å². The molecule has 2 heterocycles. The summed E-state index contributed by atoms with van der Waals surface area (Å²) in [5.41, 5.74) is 1.35. The molecule has 2 aromatic rings. The molecule has 0 atom stereocenters. The second-order valence-electron chi connectivity index (χ2n) is 4.26. The molecule has 0 fully saturated rings. The summed E-state index contributed by atoms with van der Waals surface area (Å²) in [5.74, 6) is 1.56. The van der Waals surface area contributed by atoms with Gasteiger partial charge in [0.25, 0.3) is 5.71 Å². The molecule has 0 amide bonds. The number of oxazole rings is 1. The molecule has 0 aliphatic rings. The number of furan rings is 1. The van der Waals surface area contributed by atoms with Gasteiger partial charge in [-0.3, -0.25) is 0 Å². The average Bonchev–Trinajstić information content (AvgIpc) is 2.40. The fraction of sp³-hybridized carbons (Fsp3) is 0.500. The number of nitrogens with zero attached hydrogens (tertiary/aromatic N) is 1. The summed E-state index contributed by atoms with van der Waals surface area (Å²) in [6.45, 7) is 8.10. The number of rotatable bonds is 0. The van der Waals surface area contributed by atoms with Crippen LogP contribution in [0.4, 0.5) is 0 Å². The number of hydrogen-bond acceptors (Lipinski definition) is 3. The molecule has 0 saturated carbocycles. The third kappa shape index (κ3) is 1.34. The van der Waals surface area contributed by atoms with E-state index in [0.29, 0.717) is 11.6 Å². The van der Waals surface area contributed by atoms with Gasteiger partial charge in [-0.25, -0.2) is 0 Å². The van der Waals surface area contributed by atoms with Crippen LogP contribution in [-0.4, -0.2) is 4.98 Å². The zero-order valence-corrected chi connectivity index (χ0v) is 8.34. The van der Waals surface area contributed by atoms with Gasteiger partial charge in [-0.2, -0.15) is 4.98 Å². The van der Waals surface area contributed by atoms with Crippen molar-refractivity contribution in [2.75, 3.05) is 0 Å². The molecule has 70 valence electrons. The lowest BCUT2D eigenvalue weighted by Gasteiger charge is -2.13. The minimum atomic E-state index is 0.0110. The van der Waals surface area contributed by atoms with Gasteiger partial charge in [0.2, 0.25) is 0 Å². The Morgan fingerprint density at radius 3 is 2.46 bits per heavy atom. The van der Waals surface area contributed by atoms with Crippen molar-refractivity contribution in [1.82, 2.24) is 4.98 Å². The molecule has 3 heteroatoms. The molecule has 2 aromatic heterocycles. The summed E-state index contributed by atoms with van der Waals surface area (Å²) in [6.07, 6.45) is 0. The molecule has 0 aliphatic heterocycles. The Labute approximate surface area is 76.7 Å². The third-order valence-electron chi connectivity index (χ3n) is 1.94. The Morgan fingerprint density at radius 1 is 1.23 bits per heavy atom. The van der Waals surface area contributed by atoms with Crippen molar-refractivity contribution in [2.24, 2.45) is 0 Å². The van der Waals surface area contributed by atoms with Crippen LogP contribution in [0.5, 0.6) is 0 Å². The Kier molecular flexibility index (Phi) is 1.53. The highest BCUT2D eigenvalue weighted by atomic mass is 16.4. The highest BCUT2D eigenvalue weighted by Crippen LogP contribution is 2.28. The Hall–Kier alpha value is -1.25. The molecule has 0 aliphatic carbocycles. The molecule has 0 saturated heterocycles. The first-order valence-electron chi connectivity index (χ1n) is 4.34. The molecule has 13 heavy (non-hydrogen) atoms. The van der Waals surface area contributed by atoms with Gasteiger partial charge >= 0.3 is 0 Å². The van der Waals surface area contributed by atoms with Gasteiger partial charge in [0.05, 0.1) is 0 Å². The molecular weight excluding hydrogens is 166 g/mol. The van der Waals surface area contributed by atoms with Gasteiger partial charge in [0.15, 0.2) is 11.5 Å². The predicted octanol–water partition coefficient (Wildman–Crippen LogP) is 3.03. The highest BCUT2D eigenvalue weighted by Gasteiger charge is 2.20. The van der Waals surface area contributed by atoms with E-state index in [2.05, 4.69) is 25.8 Å². The second-order valence-corrected chi connectivity index (χ2v) is 4.26. The maximum atomic E-state index is 5.55. The average molecular weight is 179 g/mol. The minimum Gasteiger partial charge on any atom is -0.440 e. The van der Waals surface area contributed by atoms with Crippen LogP contribution in [0.25, 0.3) is 11.3 Å². The lowest BCUT2D eigenvalue weighted by atomic mass is 9.94. The number of hydrogen-bond donors (Lipinski definition) is 0. The normalized spacial score (nSPS) is 12.6. The van der Waals surface area contributed by atoms with E-state index in [9.17, 15) is 0 Å². The Balaban J connectivity index is 2.57. The largest absolute Gasteiger partial charge is 0.440 e. The van der Waals surface area contributed by atoms with Crippen molar-refractivity contribution in [2.45, 2.75) is 33.1 Å². The first-order valence-corrected chi connectivity index (χ1v) is 4.34. The van der Waals surface area contributed by atoms with Crippen molar-refractivity contribution < 1.29 is 8.83 Å². The summed E-state index contributed by atoms with van der Waals surface area (Å²) >= 11 is 0. The van der Waals surface area contributed by atoms with Gasteiger partial charge in [-0.15, -0.1) is 0 Å². The molecule has 0 bridgehead atoms. The van der Waals surface area contributed by atoms with Crippen molar-refractivity contribution >= 4 is 11.3 Å². The van der Waals surface area contributed by atoms with E-state index in [4.69, 9.17) is 8.83 Å². The van der Waals surface area contributed by atoms with E-state index in [1.807, 2.05) is 13.0 Å². The van der Waals surface area contributed by atoms with E-state index in [1.165, 1.54) is 0 Å². The summed E-state index contributed by atoms with van der Waals surface area (Å²) in [6, 6.07) is 1.91. The summed E-state index contributed by atoms with van der Waals surface area (Å²) in [5, 5.41) is 0. The predicted molar refractivity (Wildman–Crippen MR) is 49.7 cm³/mol. The molecule has 0 radical (unpaired) electrons.